The number of fused-ring (bicyclic) bond motifs is 6. The summed E-state index contributed by atoms with van der Waals surface area (Å²) in [6, 6.07) is 38.7. The van der Waals surface area contributed by atoms with Gasteiger partial charge in [0.2, 0.25) is 0 Å². The van der Waals surface area contributed by atoms with E-state index in [1.165, 1.54) is 0 Å². The monoisotopic (exact) mass is 472 g/mol. The van der Waals surface area contributed by atoms with Gasteiger partial charge in [0.1, 0.15) is 0 Å². The topological polar surface area (TPSA) is 59.1 Å². The van der Waals surface area contributed by atoms with Crippen LogP contribution in [0.4, 0.5) is 5.69 Å². The molecule has 4 nitrogen and oxygen atoms in total. The van der Waals surface area contributed by atoms with Crippen molar-refractivity contribution in [3.05, 3.63) is 143 Å². The van der Waals surface area contributed by atoms with Crippen molar-refractivity contribution in [2.45, 2.75) is 5.54 Å². The van der Waals surface area contributed by atoms with Crippen molar-refractivity contribution in [3.8, 4) is 22.9 Å². The van der Waals surface area contributed by atoms with E-state index in [4.69, 9.17) is 12.3 Å². The maximum atomic E-state index is 9.55. The predicted molar refractivity (Wildman–Crippen MR) is 148 cm³/mol. The van der Waals surface area contributed by atoms with Gasteiger partial charge < -0.3 is 10.3 Å². The minimum Gasteiger partial charge on any atom is -0.314 e. The van der Waals surface area contributed by atoms with E-state index in [1.54, 1.807) is 0 Å². The van der Waals surface area contributed by atoms with Gasteiger partial charge in [-0.3, -0.25) is 0 Å². The van der Waals surface area contributed by atoms with Crippen molar-refractivity contribution >= 4 is 27.5 Å². The number of benzene rings is 5. The van der Waals surface area contributed by atoms with Crippen LogP contribution in [0.25, 0.3) is 43.5 Å². The lowest BCUT2D eigenvalue weighted by Gasteiger charge is -2.31. The number of para-hydroxylation sites is 2. The van der Waals surface area contributed by atoms with E-state index in [1.807, 2.05) is 72.8 Å². The summed E-state index contributed by atoms with van der Waals surface area (Å²) in [6.45, 7) is 7.53. The largest absolute Gasteiger partial charge is 0.314 e. The number of hydrogen-bond donors (Lipinski definition) is 1. The molecule has 1 aliphatic rings. The van der Waals surface area contributed by atoms with Gasteiger partial charge in [-0.1, -0.05) is 72.8 Å². The van der Waals surface area contributed by atoms with Gasteiger partial charge >= 0.3 is 0 Å². The van der Waals surface area contributed by atoms with Gasteiger partial charge in [0.05, 0.1) is 40.5 Å². The third-order valence-electron chi connectivity index (χ3n) is 7.57. The molecule has 37 heavy (non-hydrogen) atoms. The van der Waals surface area contributed by atoms with Crippen LogP contribution in [0.1, 0.15) is 22.3 Å². The summed E-state index contributed by atoms with van der Waals surface area (Å²) in [6.07, 6.45) is 0. The second kappa shape index (κ2) is 7.67. The molecule has 1 heterocycles. The fourth-order valence-corrected chi connectivity index (χ4v) is 5.97. The molecule has 5 aromatic carbocycles. The van der Waals surface area contributed by atoms with Gasteiger partial charge in [0, 0.05) is 16.3 Å². The van der Waals surface area contributed by atoms with Crippen molar-refractivity contribution in [1.29, 1.82) is 5.26 Å². The first-order chi connectivity index (χ1) is 18.1. The first-order valence-electron chi connectivity index (χ1n) is 12.1. The molecule has 0 spiro atoms. The van der Waals surface area contributed by atoms with Crippen LogP contribution in [0.5, 0.6) is 0 Å². The Morgan fingerprint density at radius 2 is 1.41 bits per heavy atom. The third-order valence-corrected chi connectivity index (χ3v) is 7.57. The van der Waals surface area contributed by atoms with E-state index < -0.39 is 5.54 Å². The Balaban J connectivity index is 1.59. The van der Waals surface area contributed by atoms with Gasteiger partial charge in [-0.25, -0.2) is 4.85 Å². The number of nitriles is 1. The van der Waals surface area contributed by atoms with E-state index >= 15 is 0 Å². The fraction of sp³-hybridized carbons (Fsp3) is 0.0303. The standard InChI is InChI=1S/C33H20N4/c1-36-22-15-16-28-25(19-22)23-8-2-4-10-27(23)33(28,35)29-11-5-7-13-32(29)37-30-12-6-3-9-24(30)26-18-21(20-34)14-17-31(26)37/h2-19H,35H2. The Labute approximate surface area is 214 Å². The van der Waals surface area contributed by atoms with Crippen LogP contribution in [-0.2, 0) is 5.54 Å². The predicted octanol–water partition coefficient (Wildman–Crippen LogP) is 7.44. The van der Waals surface area contributed by atoms with Crippen LogP contribution in [0.3, 0.4) is 0 Å². The van der Waals surface area contributed by atoms with Crippen LogP contribution in [0.2, 0.25) is 0 Å². The van der Waals surface area contributed by atoms with Crippen molar-refractivity contribution in [2.24, 2.45) is 5.73 Å². The summed E-state index contributed by atoms with van der Waals surface area (Å²) in [5, 5.41) is 11.7. The molecule has 172 valence electrons. The molecule has 7 rings (SSSR count). The molecule has 0 fully saturated rings. The van der Waals surface area contributed by atoms with Gasteiger partial charge in [0.25, 0.3) is 0 Å². The summed E-state index contributed by atoms with van der Waals surface area (Å²) in [5.74, 6) is 0. The van der Waals surface area contributed by atoms with E-state index in [2.05, 4.69) is 51.9 Å². The average molecular weight is 473 g/mol. The normalized spacial score (nSPS) is 15.8. The van der Waals surface area contributed by atoms with Crippen LogP contribution in [0.15, 0.2) is 109 Å². The lowest BCUT2D eigenvalue weighted by Crippen LogP contribution is -2.38. The average Bonchev–Trinajstić information content (AvgIpc) is 3.42. The highest BCUT2D eigenvalue weighted by Gasteiger charge is 2.43. The van der Waals surface area contributed by atoms with Crippen molar-refractivity contribution in [2.75, 3.05) is 0 Å². The highest BCUT2D eigenvalue weighted by molar-refractivity contribution is 6.09. The quantitative estimate of drug-likeness (QED) is 0.266. The summed E-state index contributed by atoms with van der Waals surface area (Å²) < 4.78 is 2.25. The molecule has 1 atom stereocenters. The number of aromatic nitrogens is 1. The molecule has 0 aliphatic heterocycles. The van der Waals surface area contributed by atoms with Gasteiger partial charge in [0.15, 0.2) is 5.69 Å². The Morgan fingerprint density at radius 3 is 2.24 bits per heavy atom. The fourth-order valence-electron chi connectivity index (χ4n) is 5.97. The molecule has 0 radical (unpaired) electrons. The molecular weight excluding hydrogens is 452 g/mol. The molecule has 0 saturated carbocycles. The number of hydrogen-bond acceptors (Lipinski definition) is 2. The maximum Gasteiger partial charge on any atom is 0.187 e. The van der Waals surface area contributed by atoms with Crippen LogP contribution in [0, 0.1) is 17.9 Å². The first-order valence-corrected chi connectivity index (χ1v) is 12.1. The van der Waals surface area contributed by atoms with Crippen molar-refractivity contribution in [3.63, 3.8) is 0 Å². The van der Waals surface area contributed by atoms with E-state index in [0.29, 0.717) is 11.3 Å². The lowest BCUT2D eigenvalue weighted by atomic mass is 9.80. The highest BCUT2D eigenvalue weighted by Crippen LogP contribution is 2.52. The summed E-state index contributed by atoms with van der Waals surface area (Å²) in [7, 11) is 0. The minimum absolute atomic E-state index is 0.599. The smallest absolute Gasteiger partial charge is 0.187 e. The molecular formula is C33H20N4. The molecule has 1 unspecified atom stereocenters. The van der Waals surface area contributed by atoms with E-state index in [-0.39, 0.29) is 0 Å². The maximum absolute atomic E-state index is 9.55. The zero-order valence-corrected chi connectivity index (χ0v) is 19.8. The summed E-state index contributed by atoms with van der Waals surface area (Å²) >= 11 is 0. The van der Waals surface area contributed by atoms with Crippen LogP contribution < -0.4 is 5.73 Å². The summed E-state index contributed by atoms with van der Waals surface area (Å²) in [5.41, 5.74) is 15.9. The number of rotatable bonds is 2. The minimum atomic E-state index is -0.909. The number of nitrogens with zero attached hydrogens (tertiary/aromatic N) is 3. The zero-order valence-electron chi connectivity index (χ0n) is 19.8. The van der Waals surface area contributed by atoms with Gasteiger partial charge in [-0.05, 0) is 58.7 Å². The molecule has 1 aliphatic carbocycles. The van der Waals surface area contributed by atoms with Gasteiger partial charge in [-0.15, -0.1) is 0 Å². The molecule has 2 N–H and O–H groups in total. The number of nitrogens with two attached hydrogens (primary N) is 1. The SMILES string of the molecule is [C-]#[N+]c1ccc2c(c1)-c1ccccc1C2(N)c1ccccc1-n1c2ccccc2c2cc(C#N)ccc21. The molecule has 0 bridgehead atoms. The molecule has 1 aromatic heterocycles. The third kappa shape index (κ3) is 2.79. The van der Waals surface area contributed by atoms with E-state index in [9.17, 15) is 5.26 Å². The Hall–Kier alpha value is -5.16. The zero-order chi connectivity index (χ0) is 25.1. The van der Waals surface area contributed by atoms with Crippen LogP contribution in [-0.4, -0.2) is 4.57 Å². The lowest BCUT2D eigenvalue weighted by molar-refractivity contribution is 0.668. The second-order valence-electron chi connectivity index (χ2n) is 9.41. The molecule has 0 saturated heterocycles. The molecule has 4 heteroatoms. The Kier molecular flexibility index (Phi) is 4.38. The van der Waals surface area contributed by atoms with E-state index in [0.717, 1.165) is 55.3 Å². The highest BCUT2D eigenvalue weighted by atomic mass is 15.0. The van der Waals surface area contributed by atoms with Crippen LogP contribution >= 0.6 is 0 Å². The summed E-state index contributed by atoms with van der Waals surface area (Å²) in [4.78, 5) is 3.66. The van der Waals surface area contributed by atoms with Crippen molar-refractivity contribution in [1.82, 2.24) is 4.57 Å². The second-order valence-corrected chi connectivity index (χ2v) is 9.41. The van der Waals surface area contributed by atoms with Gasteiger partial charge in [-0.2, -0.15) is 5.26 Å². The molecule has 6 aromatic rings. The Bertz CT molecular complexity index is 1980. The Morgan fingerprint density at radius 1 is 0.703 bits per heavy atom. The molecule has 0 amide bonds. The first kappa shape index (κ1) is 21.1. The van der Waals surface area contributed by atoms with Crippen molar-refractivity contribution < 1.29 is 0 Å².